The van der Waals surface area contributed by atoms with Gasteiger partial charge >= 0.3 is 0 Å². The van der Waals surface area contributed by atoms with Gasteiger partial charge in [-0.15, -0.1) is 11.3 Å². The predicted octanol–water partition coefficient (Wildman–Crippen LogP) is 5.31. The number of nitrogens with zero attached hydrogens (tertiary/aromatic N) is 2. The van der Waals surface area contributed by atoms with Gasteiger partial charge in [0.05, 0.1) is 15.6 Å². The lowest BCUT2D eigenvalue weighted by Crippen LogP contribution is -2.41. The topological polar surface area (TPSA) is 79.4 Å². The Balaban J connectivity index is 1.23. The first-order valence-electron chi connectivity index (χ1n) is 11.2. The fourth-order valence-corrected chi connectivity index (χ4v) is 6.46. The minimum absolute atomic E-state index is 0.0747. The zero-order chi connectivity index (χ0) is 23.7. The largest absolute Gasteiger partial charge is 0.326 e. The van der Waals surface area contributed by atoms with Gasteiger partial charge in [-0.05, 0) is 54.8 Å². The van der Waals surface area contributed by atoms with Crippen LogP contribution in [0, 0.1) is 12.8 Å². The van der Waals surface area contributed by atoms with Crippen molar-refractivity contribution in [1.29, 1.82) is 0 Å². The first-order chi connectivity index (χ1) is 16.4. The summed E-state index contributed by atoms with van der Waals surface area (Å²) < 4.78 is 27.9. The average molecular weight is 492 g/mol. The van der Waals surface area contributed by atoms with Gasteiger partial charge in [-0.1, -0.05) is 42.5 Å². The van der Waals surface area contributed by atoms with E-state index in [9.17, 15) is 13.2 Å². The number of amides is 1. The molecule has 0 spiro atoms. The quantitative estimate of drug-likeness (QED) is 0.410. The Kier molecular flexibility index (Phi) is 6.20. The molecule has 1 aliphatic rings. The second-order valence-electron chi connectivity index (χ2n) is 8.51. The van der Waals surface area contributed by atoms with E-state index >= 15 is 0 Å². The van der Waals surface area contributed by atoms with Gasteiger partial charge in [0.1, 0.15) is 0 Å². The Hall–Kier alpha value is -3.07. The number of rotatable bonds is 5. The molecule has 0 radical (unpaired) electrons. The van der Waals surface area contributed by atoms with E-state index in [0.717, 1.165) is 32.7 Å². The fraction of sp³-hybridized carbons (Fsp3) is 0.231. The molecular formula is C26H25N3O3S2. The third-order valence-electron chi connectivity index (χ3n) is 6.23. The van der Waals surface area contributed by atoms with E-state index in [-0.39, 0.29) is 11.8 Å². The summed E-state index contributed by atoms with van der Waals surface area (Å²) in [6, 6.07) is 20.6. The summed E-state index contributed by atoms with van der Waals surface area (Å²) in [6.45, 7) is 2.61. The predicted molar refractivity (Wildman–Crippen MR) is 136 cm³/mol. The first kappa shape index (κ1) is 22.7. The molecule has 5 rings (SSSR count). The van der Waals surface area contributed by atoms with E-state index in [1.807, 2.05) is 66.9 Å². The highest BCUT2D eigenvalue weighted by Crippen LogP contribution is 2.28. The lowest BCUT2D eigenvalue weighted by Gasteiger charge is -2.30. The van der Waals surface area contributed by atoms with Crippen LogP contribution in [0.2, 0.25) is 0 Å². The van der Waals surface area contributed by atoms with Crippen LogP contribution in [-0.2, 0) is 14.8 Å². The minimum atomic E-state index is -3.60. The molecule has 1 saturated heterocycles. The number of aryl methyl sites for hydroxylation is 1. The molecule has 2 heterocycles. The van der Waals surface area contributed by atoms with Crippen LogP contribution in [0.1, 0.15) is 17.8 Å². The normalized spacial score (nSPS) is 15.4. The lowest BCUT2D eigenvalue weighted by atomic mass is 9.97. The number of carbonyl (C=O) groups excluding carboxylic acids is 1. The van der Waals surface area contributed by atoms with Gasteiger partial charge in [-0.2, -0.15) is 4.31 Å². The highest BCUT2D eigenvalue weighted by molar-refractivity contribution is 7.89. The van der Waals surface area contributed by atoms with E-state index in [1.165, 1.54) is 4.31 Å². The van der Waals surface area contributed by atoms with E-state index in [1.54, 1.807) is 23.5 Å². The number of anilines is 1. The zero-order valence-electron chi connectivity index (χ0n) is 18.8. The van der Waals surface area contributed by atoms with Gasteiger partial charge in [0.25, 0.3) is 0 Å². The molecule has 0 aliphatic carbocycles. The van der Waals surface area contributed by atoms with Crippen LogP contribution in [0.3, 0.4) is 0 Å². The average Bonchev–Trinajstić information content (AvgIpc) is 3.30. The molecule has 0 atom stereocenters. The van der Waals surface area contributed by atoms with Gasteiger partial charge in [0.2, 0.25) is 15.9 Å². The zero-order valence-corrected chi connectivity index (χ0v) is 20.4. The van der Waals surface area contributed by atoms with E-state index in [0.29, 0.717) is 30.8 Å². The third-order valence-corrected chi connectivity index (χ3v) is 8.90. The van der Waals surface area contributed by atoms with Crippen molar-refractivity contribution in [2.45, 2.75) is 24.7 Å². The molecule has 1 N–H and O–H groups in total. The van der Waals surface area contributed by atoms with Crippen molar-refractivity contribution < 1.29 is 13.2 Å². The third kappa shape index (κ3) is 4.61. The number of nitrogens with one attached hydrogen (secondary N) is 1. The number of fused-ring (bicyclic) bond motifs is 1. The molecule has 6 nitrogen and oxygen atoms in total. The molecule has 1 fully saturated rings. The Labute approximate surface area is 203 Å². The second-order valence-corrected chi connectivity index (χ2v) is 11.5. The van der Waals surface area contributed by atoms with Crippen molar-refractivity contribution in [3.63, 3.8) is 0 Å². The summed E-state index contributed by atoms with van der Waals surface area (Å²) in [6.07, 6.45) is 0.979. The molecule has 34 heavy (non-hydrogen) atoms. The fourth-order valence-electron chi connectivity index (χ4n) is 4.33. The number of aromatic nitrogens is 1. The molecule has 1 aromatic heterocycles. The molecule has 4 aromatic rings. The summed E-state index contributed by atoms with van der Waals surface area (Å²) in [7, 11) is -3.60. The number of carbonyl (C=O) groups is 1. The number of piperidine rings is 1. The number of thiazole rings is 1. The Morgan fingerprint density at radius 1 is 1.00 bits per heavy atom. The van der Waals surface area contributed by atoms with Crippen molar-refractivity contribution in [2.75, 3.05) is 18.4 Å². The molecule has 8 heteroatoms. The molecule has 174 valence electrons. The summed E-state index contributed by atoms with van der Waals surface area (Å²) in [5, 5.41) is 7.90. The molecule has 0 unspecified atom stereocenters. The molecule has 0 saturated carbocycles. The van der Waals surface area contributed by atoms with Crippen molar-refractivity contribution >= 4 is 43.7 Å². The highest BCUT2D eigenvalue weighted by atomic mass is 32.2. The van der Waals surface area contributed by atoms with Gasteiger partial charge in [-0.3, -0.25) is 4.79 Å². The maximum absolute atomic E-state index is 13.2. The van der Waals surface area contributed by atoms with Crippen LogP contribution in [0.4, 0.5) is 5.69 Å². The van der Waals surface area contributed by atoms with Crippen LogP contribution in [0.15, 0.2) is 77.0 Å². The van der Waals surface area contributed by atoms with Crippen LogP contribution >= 0.6 is 11.3 Å². The summed E-state index contributed by atoms with van der Waals surface area (Å²) in [5.74, 6) is -0.303. The van der Waals surface area contributed by atoms with Crippen molar-refractivity contribution in [2.24, 2.45) is 5.92 Å². The van der Waals surface area contributed by atoms with Gasteiger partial charge in [0.15, 0.2) is 0 Å². The summed E-state index contributed by atoms with van der Waals surface area (Å²) in [4.78, 5) is 17.7. The molecule has 0 bridgehead atoms. The van der Waals surface area contributed by atoms with E-state index < -0.39 is 10.0 Å². The molecular weight excluding hydrogens is 466 g/mol. The van der Waals surface area contributed by atoms with Crippen LogP contribution in [0.25, 0.3) is 22.0 Å². The smallest absolute Gasteiger partial charge is 0.243 e. The number of hydrogen-bond acceptors (Lipinski definition) is 5. The highest BCUT2D eigenvalue weighted by Gasteiger charge is 2.32. The summed E-state index contributed by atoms with van der Waals surface area (Å²) in [5.41, 5.74) is 2.57. The van der Waals surface area contributed by atoms with Crippen molar-refractivity contribution in [1.82, 2.24) is 9.29 Å². The standard InChI is InChI=1S/C26H25N3O3S2/c1-18-27-25(17-33-18)22-7-4-8-23(15-22)28-26(30)20-11-13-29(14-12-20)34(31,32)24-10-9-19-5-2-3-6-21(19)16-24/h2-10,15-17,20H,11-14H2,1H3,(H,28,30). The van der Waals surface area contributed by atoms with Gasteiger partial charge < -0.3 is 5.32 Å². The van der Waals surface area contributed by atoms with Gasteiger partial charge in [0, 0.05) is 35.6 Å². The van der Waals surface area contributed by atoms with Crippen LogP contribution in [0.5, 0.6) is 0 Å². The lowest BCUT2D eigenvalue weighted by molar-refractivity contribution is -0.120. The van der Waals surface area contributed by atoms with Gasteiger partial charge in [-0.25, -0.2) is 13.4 Å². The monoisotopic (exact) mass is 491 g/mol. The molecule has 3 aromatic carbocycles. The van der Waals surface area contributed by atoms with Crippen molar-refractivity contribution in [3.05, 3.63) is 77.1 Å². The van der Waals surface area contributed by atoms with E-state index in [4.69, 9.17) is 0 Å². The Bertz CT molecular complexity index is 1450. The van der Waals surface area contributed by atoms with Crippen LogP contribution < -0.4 is 5.32 Å². The van der Waals surface area contributed by atoms with Crippen molar-refractivity contribution in [3.8, 4) is 11.3 Å². The van der Waals surface area contributed by atoms with Crippen LogP contribution in [-0.4, -0.2) is 36.7 Å². The molecule has 1 aliphatic heterocycles. The maximum atomic E-state index is 13.2. The second kappa shape index (κ2) is 9.29. The Morgan fingerprint density at radius 2 is 1.76 bits per heavy atom. The summed E-state index contributed by atoms with van der Waals surface area (Å²) >= 11 is 1.59. The Morgan fingerprint density at radius 3 is 2.50 bits per heavy atom. The number of hydrogen-bond donors (Lipinski definition) is 1. The molecule has 1 amide bonds. The minimum Gasteiger partial charge on any atom is -0.326 e. The van der Waals surface area contributed by atoms with E-state index in [2.05, 4.69) is 10.3 Å². The number of sulfonamides is 1. The SMILES string of the molecule is Cc1nc(-c2cccc(NC(=O)C3CCN(S(=O)(=O)c4ccc5ccccc5c4)CC3)c2)cs1. The first-order valence-corrected chi connectivity index (χ1v) is 13.5. The maximum Gasteiger partial charge on any atom is 0.243 e. The number of benzene rings is 3.